The summed E-state index contributed by atoms with van der Waals surface area (Å²) in [7, 11) is 3.19. The summed E-state index contributed by atoms with van der Waals surface area (Å²) in [6.07, 6.45) is -0.308. The fraction of sp³-hybridized carbons (Fsp3) is 0.286. The number of hydrogen-bond donors (Lipinski definition) is 2. The molecule has 0 radical (unpaired) electrons. The Balaban J connectivity index is 1.72. The maximum Gasteiger partial charge on any atom is 0.226 e. The molecule has 7 nitrogen and oxygen atoms in total. The van der Waals surface area contributed by atoms with Gasteiger partial charge in [0.15, 0.2) is 0 Å². The Hall–Kier alpha value is -4.00. The summed E-state index contributed by atoms with van der Waals surface area (Å²) in [6, 6.07) is 21.9. The van der Waals surface area contributed by atoms with Gasteiger partial charge in [0.05, 0.1) is 33.2 Å². The van der Waals surface area contributed by atoms with E-state index in [0.717, 1.165) is 33.9 Å². The van der Waals surface area contributed by atoms with Crippen molar-refractivity contribution in [3.05, 3.63) is 89.5 Å². The average molecular weight is 477 g/mol. The van der Waals surface area contributed by atoms with Crippen LogP contribution < -0.4 is 24.8 Å². The van der Waals surface area contributed by atoms with Crippen LogP contribution in [-0.2, 0) is 22.4 Å². The number of benzene rings is 3. The van der Waals surface area contributed by atoms with Crippen LogP contribution in [0.4, 0.5) is 0 Å². The van der Waals surface area contributed by atoms with Gasteiger partial charge in [0.25, 0.3) is 0 Å². The van der Waals surface area contributed by atoms with Crippen LogP contribution in [0.3, 0.4) is 0 Å². The second-order valence-electron chi connectivity index (χ2n) is 8.35. The van der Waals surface area contributed by atoms with Gasteiger partial charge in [-0.1, -0.05) is 36.4 Å². The van der Waals surface area contributed by atoms with Crippen LogP contribution in [-0.4, -0.2) is 32.1 Å². The predicted molar refractivity (Wildman–Crippen MR) is 135 cm³/mol. The molecule has 0 bridgehead atoms. The largest absolute Gasteiger partial charge is 0.497 e. The molecule has 2 N–H and O–H groups in total. The molecule has 184 valence electrons. The summed E-state index contributed by atoms with van der Waals surface area (Å²) in [6.45, 7) is 3.91. The van der Waals surface area contributed by atoms with E-state index in [1.807, 2.05) is 86.6 Å². The summed E-state index contributed by atoms with van der Waals surface area (Å²) in [5, 5.41) is 5.89. The molecule has 3 rings (SSSR count). The molecule has 2 amide bonds. The van der Waals surface area contributed by atoms with Crippen LogP contribution in [0.5, 0.6) is 17.2 Å². The lowest BCUT2D eigenvalue weighted by atomic mass is 10.1. The van der Waals surface area contributed by atoms with Gasteiger partial charge in [0, 0.05) is 0 Å². The number of carbonyl (C=O) groups is 2. The number of rotatable bonds is 11. The Morgan fingerprint density at radius 2 is 1.06 bits per heavy atom. The summed E-state index contributed by atoms with van der Waals surface area (Å²) in [5.74, 6) is 1.74. The molecule has 0 aromatic heterocycles. The van der Waals surface area contributed by atoms with E-state index in [0.29, 0.717) is 0 Å². The van der Waals surface area contributed by atoms with Gasteiger partial charge >= 0.3 is 0 Å². The molecule has 0 unspecified atom stereocenters. The highest BCUT2D eigenvalue weighted by molar-refractivity contribution is 5.82. The number of methoxy groups -OCH3 is 2. The zero-order chi connectivity index (χ0) is 25.2. The SMILES string of the molecule is COc1ccc(CC(=O)NC(NC(=O)Cc2ccc(OC)cc2)c2ccc(OC(C)C)cc2)cc1. The van der Waals surface area contributed by atoms with E-state index in [-0.39, 0.29) is 30.8 Å². The monoisotopic (exact) mass is 476 g/mol. The van der Waals surface area contributed by atoms with Gasteiger partial charge < -0.3 is 24.8 Å². The molecule has 3 aromatic carbocycles. The normalized spacial score (nSPS) is 10.7. The molecule has 0 fully saturated rings. The third-order valence-electron chi connectivity index (χ3n) is 5.24. The minimum Gasteiger partial charge on any atom is -0.497 e. The van der Waals surface area contributed by atoms with Gasteiger partial charge in [-0.05, 0) is 66.9 Å². The maximum atomic E-state index is 12.8. The second-order valence-corrected chi connectivity index (χ2v) is 8.35. The summed E-state index contributed by atoms with van der Waals surface area (Å²) in [4.78, 5) is 25.7. The van der Waals surface area contributed by atoms with Crippen molar-refractivity contribution in [2.24, 2.45) is 0 Å². The highest BCUT2D eigenvalue weighted by Gasteiger charge is 2.18. The van der Waals surface area contributed by atoms with Gasteiger partial charge in [0.2, 0.25) is 11.8 Å². The topological polar surface area (TPSA) is 85.9 Å². The Labute approximate surface area is 206 Å². The Morgan fingerprint density at radius 3 is 1.43 bits per heavy atom. The van der Waals surface area contributed by atoms with E-state index < -0.39 is 6.17 Å². The van der Waals surface area contributed by atoms with Crippen molar-refractivity contribution in [3.8, 4) is 17.2 Å². The number of amides is 2. The van der Waals surface area contributed by atoms with Crippen molar-refractivity contribution in [1.82, 2.24) is 10.6 Å². The molecule has 0 heterocycles. The van der Waals surface area contributed by atoms with E-state index in [1.165, 1.54) is 0 Å². The average Bonchev–Trinajstić information content (AvgIpc) is 2.84. The first-order valence-electron chi connectivity index (χ1n) is 11.5. The molecule has 0 spiro atoms. The van der Waals surface area contributed by atoms with Crippen LogP contribution in [0.25, 0.3) is 0 Å². The Bertz CT molecular complexity index is 1030. The fourth-order valence-corrected chi connectivity index (χ4v) is 3.50. The molecular formula is C28H32N2O5. The maximum absolute atomic E-state index is 12.8. The standard InChI is InChI=1S/C28H32N2O5/c1-19(2)35-25-15-9-22(10-16-25)28(29-26(31)17-20-5-11-23(33-3)12-6-20)30-27(32)18-21-7-13-24(34-4)14-8-21/h5-16,19,28H,17-18H2,1-4H3,(H,29,31)(H,30,32). The van der Waals surface area contributed by atoms with Crippen LogP contribution in [0, 0.1) is 0 Å². The molecule has 0 aliphatic rings. The van der Waals surface area contributed by atoms with Crippen molar-refractivity contribution in [1.29, 1.82) is 0 Å². The van der Waals surface area contributed by atoms with Crippen molar-refractivity contribution in [2.45, 2.75) is 39.0 Å². The van der Waals surface area contributed by atoms with E-state index >= 15 is 0 Å². The third kappa shape index (κ3) is 8.07. The van der Waals surface area contributed by atoms with Crippen LogP contribution in [0.2, 0.25) is 0 Å². The molecular weight excluding hydrogens is 444 g/mol. The Kier molecular flexibility index (Phi) is 9.12. The lowest BCUT2D eigenvalue weighted by Crippen LogP contribution is -2.42. The third-order valence-corrected chi connectivity index (χ3v) is 5.24. The zero-order valence-corrected chi connectivity index (χ0v) is 20.5. The summed E-state index contributed by atoms with van der Waals surface area (Å²) >= 11 is 0. The van der Waals surface area contributed by atoms with E-state index in [4.69, 9.17) is 14.2 Å². The van der Waals surface area contributed by atoms with Gasteiger partial charge in [-0.3, -0.25) is 9.59 Å². The highest BCUT2D eigenvalue weighted by Crippen LogP contribution is 2.19. The van der Waals surface area contributed by atoms with Crippen LogP contribution >= 0.6 is 0 Å². The smallest absolute Gasteiger partial charge is 0.226 e. The van der Waals surface area contributed by atoms with Crippen molar-refractivity contribution < 1.29 is 23.8 Å². The van der Waals surface area contributed by atoms with E-state index in [2.05, 4.69) is 10.6 Å². The van der Waals surface area contributed by atoms with Crippen molar-refractivity contribution >= 4 is 11.8 Å². The zero-order valence-electron chi connectivity index (χ0n) is 20.5. The first kappa shape index (κ1) is 25.6. The molecule has 0 atom stereocenters. The number of hydrogen-bond acceptors (Lipinski definition) is 5. The highest BCUT2D eigenvalue weighted by atomic mass is 16.5. The quantitative estimate of drug-likeness (QED) is 0.405. The predicted octanol–water partition coefficient (Wildman–Crippen LogP) is 4.21. The van der Waals surface area contributed by atoms with Gasteiger partial charge in [-0.15, -0.1) is 0 Å². The molecule has 0 aliphatic carbocycles. The minimum atomic E-state index is -0.695. The molecule has 3 aromatic rings. The molecule has 0 saturated heterocycles. The molecule has 7 heteroatoms. The summed E-state index contributed by atoms with van der Waals surface area (Å²) < 4.78 is 16.1. The molecule has 0 aliphatic heterocycles. The van der Waals surface area contributed by atoms with Crippen molar-refractivity contribution in [3.63, 3.8) is 0 Å². The number of nitrogens with one attached hydrogen (secondary N) is 2. The van der Waals surface area contributed by atoms with Crippen LogP contribution in [0.15, 0.2) is 72.8 Å². The van der Waals surface area contributed by atoms with E-state index in [1.54, 1.807) is 14.2 Å². The van der Waals surface area contributed by atoms with E-state index in [9.17, 15) is 9.59 Å². The Morgan fingerprint density at radius 1 is 0.657 bits per heavy atom. The lowest BCUT2D eigenvalue weighted by Gasteiger charge is -2.21. The van der Waals surface area contributed by atoms with Gasteiger partial charge in [0.1, 0.15) is 23.4 Å². The molecule has 0 saturated carbocycles. The summed E-state index contributed by atoms with van der Waals surface area (Å²) in [5.41, 5.74) is 2.42. The minimum absolute atomic E-state index is 0.0463. The fourth-order valence-electron chi connectivity index (χ4n) is 3.50. The van der Waals surface area contributed by atoms with Gasteiger partial charge in [-0.25, -0.2) is 0 Å². The number of ether oxygens (including phenoxy) is 3. The first-order valence-corrected chi connectivity index (χ1v) is 11.5. The first-order chi connectivity index (χ1) is 16.9. The number of carbonyl (C=O) groups excluding carboxylic acids is 2. The lowest BCUT2D eigenvalue weighted by molar-refractivity contribution is -0.123. The second kappa shape index (κ2) is 12.5. The van der Waals surface area contributed by atoms with Crippen molar-refractivity contribution in [2.75, 3.05) is 14.2 Å². The molecule has 35 heavy (non-hydrogen) atoms. The van der Waals surface area contributed by atoms with Crippen LogP contribution in [0.1, 0.15) is 36.7 Å². The van der Waals surface area contributed by atoms with Gasteiger partial charge in [-0.2, -0.15) is 0 Å².